The molecule has 2 fully saturated rings. The van der Waals surface area contributed by atoms with Crippen LogP contribution in [-0.2, 0) is 11.3 Å². The van der Waals surface area contributed by atoms with Crippen LogP contribution in [0.25, 0.3) is 0 Å². The number of hydrogen-bond acceptors (Lipinski definition) is 3. The summed E-state index contributed by atoms with van der Waals surface area (Å²) in [4.78, 5) is 14.2. The van der Waals surface area contributed by atoms with Crippen LogP contribution in [0.1, 0.15) is 18.4 Å². The quantitative estimate of drug-likeness (QED) is 0.831. The molecule has 0 radical (unpaired) electrons. The molecule has 1 aliphatic carbocycles. The minimum absolute atomic E-state index is 0.0198. The number of carbonyl (C=O) groups excluding carboxylic acids is 1. The summed E-state index contributed by atoms with van der Waals surface area (Å²) in [5.74, 6) is 0.544. The summed E-state index contributed by atoms with van der Waals surface area (Å²) in [5.41, 5.74) is 0.701. The predicted octanol–water partition coefficient (Wildman–Crippen LogP) is 4.35. The fourth-order valence-corrected chi connectivity index (χ4v) is 4.42. The van der Waals surface area contributed by atoms with Gasteiger partial charge in [-0.2, -0.15) is 0 Å². The standard InChI is InChI=1S/C22H24F2N2O2/c23-18-5-3-6-19(10-18)26(13-17-4-1-2-7-21(17)24)22(27)28-14-20-15-8-9-16(20)12-25-11-15/h1-7,10,15-16,20,25H,8-9,11-14H2. The van der Waals surface area contributed by atoms with E-state index in [9.17, 15) is 13.6 Å². The van der Waals surface area contributed by atoms with Crippen molar-refractivity contribution >= 4 is 11.8 Å². The van der Waals surface area contributed by atoms with Crippen LogP contribution in [0.4, 0.5) is 19.3 Å². The van der Waals surface area contributed by atoms with Crippen LogP contribution in [-0.4, -0.2) is 25.8 Å². The second-order valence-corrected chi connectivity index (χ2v) is 7.65. The van der Waals surface area contributed by atoms with Crippen LogP contribution in [0.5, 0.6) is 0 Å². The Morgan fingerprint density at radius 3 is 2.54 bits per heavy atom. The summed E-state index contributed by atoms with van der Waals surface area (Å²) in [6, 6.07) is 12.0. The van der Waals surface area contributed by atoms with Crippen LogP contribution in [0.3, 0.4) is 0 Å². The van der Waals surface area contributed by atoms with E-state index in [1.807, 2.05) is 0 Å². The number of piperidine rings is 1. The van der Waals surface area contributed by atoms with E-state index in [1.165, 1.54) is 29.2 Å². The van der Waals surface area contributed by atoms with Crippen molar-refractivity contribution < 1.29 is 18.3 Å². The summed E-state index contributed by atoms with van der Waals surface area (Å²) >= 11 is 0. The van der Waals surface area contributed by atoms with E-state index in [-0.39, 0.29) is 6.54 Å². The van der Waals surface area contributed by atoms with Gasteiger partial charge in [0.2, 0.25) is 0 Å². The molecule has 1 saturated carbocycles. The zero-order chi connectivity index (χ0) is 19.5. The molecule has 2 bridgehead atoms. The van der Waals surface area contributed by atoms with Gasteiger partial charge < -0.3 is 10.1 Å². The highest BCUT2D eigenvalue weighted by Crippen LogP contribution is 2.39. The first-order chi connectivity index (χ1) is 13.6. The molecule has 28 heavy (non-hydrogen) atoms. The highest BCUT2D eigenvalue weighted by Gasteiger charge is 2.39. The van der Waals surface area contributed by atoms with Crippen molar-refractivity contribution in [3.8, 4) is 0 Å². The molecule has 6 heteroatoms. The maximum atomic E-state index is 14.1. The van der Waals surface area contributed by atoms with Gasteiger partial charge in [-0.05, 0) is 62.0 Å². The number of anilines is 1. The lowest BCUT2D eigenvalue weighted by Gasteiger charge is -2.31. The average Bonchev–Trinajstić information content (AvgIpc) is 2.91. The van der Waals surface area contributed by atoms with Gasteiger partial charge in [0.15, 0.2) is 0 Å². The summed E-state index contributed by atoms with van der Waals surface area (Å²) in [6.07, 6.45) is 1.73. The van der Waals surface area contributed by atoms with Crippen LogP contribution in [0.15, 0.2) is 48.5 Å². The van der Waals surface area contributed by atoms with Crippen molar-refractivity contribution in [2.75, 3.05) is 24.6 Å². The van der Waals surface area contributed by atoms with Crippen molar-refractivity contribution in [3.05, 3.63) is 65.7 Å². The Kier molecular flexibility index (Phi) is 5.57. The number of rotatable bonds is 5. The molecule has 1 N–H and O–H groups in total. The molecule has 1 aliphatic heterocycles. The largest absolute Gasteiger partial charge is 0.449 e. The first kappa shape index (κ1) is 18.9. The SMILES string of the molecule is O=C(OCC1C2CCC1CNC2)N(Cc1ccccc1F)c1cccc(F)c1. The molecule has 2 aromatic rings. The van der Waals surface area contributed by atoms with E-state index in [4.69, 9.17) is 4.74 Å². The van der Waals surface area contributed by atoms with Crippen molar-refractivity contribution in [1.82, 2.24) is 5.32 Å². The highest BCUT2D eigenvalue weighted by molar-refractivity contribution is 5.87. The summed E-state index contributed by atoms with van der Waals surface area (Å²) < 4.78 is 33.5. The van der Waals surface area contributed by atoms with Crippen LogP contribution >= 0.6 is 0 Å². The maximum absolute atomic E-state index is 14.1. The van der Waals surface area contributed by atoms with Crippen molar-refractivity contribution in [2.45, 2.75) is 19.4 Å². The number of hydrogen-bond donors (Lipinski definition) is 1. The van der Waals surface area contributed by atoms with Crippen LogP contribution in [0.2, 0.25) is 0 Å². The number of benzene rings is 2. The van der Waals surface area contributed by atoms with Gasteiger partial charge in [0.25, 0.3) is 0 Å². The molecule has 4 rings (SSSR count). The van der Waals surface area contributed by atoms with Gasteiger partial charge in [0.05, 0.1) is 18.8 Å². The smallest absolute Gasteiger partial charge is 0.414 e. The molecule has 4 nitrogen and oxygen atoms in total. The Hall–Kier alpha value is -2.47. The first-order valence-corrected chi connectivity index (χ1v) is 9.76. The third-order valence-electron chi connectivity index (χ3n) is 5.96. The molecule has 2 atom stereocenters. The Bertz CT molecular complexity index is 829. The van der Waals surface area contributed by atoms with E-state index in [1.54, 1.807) is 24.3 Å². The van der Waals surface area contributed by atoms with Gasteiger partial charge in [0, 0.05) is 11.5 Å². The van der Waals surface area contributed by atoms with E-state index in [2.05, 4.69) is 5.32 Å². The predicted molar refractivity (Wildman–Crippen MR) is 103 cm³/mol. The van der Waals surface area contributed by atoms with Gasteiger partial charge in [-0.25, -0.2) is 13.6 Å². The molecule has 1 saturated heterocycles. The van der Waals surface area contributed by atoms with Crippen LogP contribution in [0, 0.1) is 29.4 Å². The minimum Gasteiger partial charge on any atom is -0.449 e. The van der Waals surface area contributed by atoms with E-state index in [0.717, 1.165) is 25.9 Å². The summed E-state index contributed by atoms with van der Waals surface area (Å²) in [6.45, 7) is 2.25. The molecule has 0 aromatic heterocycles. The topological polar surface area (TPSA) is 41.6 Å². The zero-order valence-corrected chi connectivity index (χ0v) is 15.6. The van der Waals surface area contributed by atoms with Crippen molar-refractivity contribution in [2.24, 2.45) is 17.8 Å². The highest BCUT2D eigenvalue weighted by atomic mass is 19.1. The number of ether oxygens (including phenoxy) is 1. The Labute approximate surface area is 163 Å². The Balaban J connectivity index is 1.51. The van der Waals surface area contributed by atoms with Gasteiger partial charge >= 0.3 is 6.09 Å². The minimum atomic E-state index is -0.577. The number of nitrogens with zero attached hydrogens (tertiary/aromatic N) is 1. The van der Waals surface area contributed by atoms with Gasteiger partial charge in [-0.1, -0.05) is 24.3 Å². The average molecular weight is 386 g/mol. The molecule has 2 aliphatic rings. The third kappa shape index (κ3) is 4.02. The van der Waals surface area contributed by atoms with Gasteiger partial charge in [0.1, 0.15) is 11.6 Å². The monoisotopic (exact) mass is 386 g/mol. The fraction of sp³-hybridized carbons (Fsp3) is 0.409. The molecule has 0 spiro atoms. The lowest BCUT2D eigenvalue weighted by Crippen LogP contribution is -2.41. The molecule has 1 heterocycles. The summed E-state index contributed by atoms with van der Waals surface area (Å²) in [5, 5.41) is 3.42. The van der Waals surface area contributed by atoms with Crippen molar-refractivity contribution in [3.63, 3.8) is 0 Å². The molecule has 2 unspecified atom stereocenters. The summed E-state index contributed by atoms with van der Waals surface area (Å²) in [7, 11) is 0. The number of carbonyl (C=O) groups is 1. The molecular formula is C22H24F2N2O2. The second-order valence-electron chi connectivity index (χ2n) is 7.65. The van der Waals surface area contributed by atoms with E-state index >= 15 is 0 Å². The molecule has 2 aromatic carbocycles. The number of amides is 1. The van der Waals surface area contributed by atoms with Crippen LogP contribution < -0.4 is 10.2 Å². The number of halogens is 2. The van der Waals surface area contributed by atoms with E-state index in [0.29, 0.717) is 35.6 Å². The Morgan fingerprint density at radius 1 is 1.07 bits per heavy atom. The van der Waals surface area contributed by atoms with Gasteiger partial charge in [-0.3, -0.25) is 4.90 Å². The third-order valence-corrected chi connectivity index (χ3v) is 5.96. The van der Waals surface area contributed by atoms with Gasteiger partial charge in [-0.15, -0.1) is 0 Å². The zero-order valence-electron chi connectivity index (χ0n) is 15.6. The molecule has 1 amide bonds. The first-order valence-electron chi connectivity index (χ1n) is 9.76. The molecular weight excluding hydrogens is 362 g/mol. The lowest BCUT2D eigenvalue weighted by molar-refractivity contribution is 0.0968. The molecule has 148 valence electrons. The number of fused-ring (bicyclic) bond motifs is 2. The Morgan fingerprint density at radius 2 is 1.82 bits per heavy atom. The van der Waals surface area contributed by atoms with E-state index < -0.39 is 17.7 Å². The maximum Gasteiger partial charge on any atom is 0.414 e. The normalized spacial score (nSPS) is 23.4. The second kappa shape index (κ2) is 8.27. The van der Waals surface area contributed by atoms with Crippen molar-refractivity contribution in [1.29, 1.82) is 0 Å². The fourth-order valence-electron chi connectivity index (χ4n) is 4.42. The lowest BCUT2D eigenvalue weighted by atomic mass is 9.87. The number of nitrogens with one attached hydrogen (secondary N) is 1.